The summed E-state index contributed by atoms with van der Waals surface area (Å²) < 4.78 is 5.97. The number of halogens is 1. The fourth-order valence-electron chi connectivity index (χ4n) is 1.74. The van der Waals surface area contributed by atoms with Gasteiger partial charge in [-0.05, 0) is 37.6 Å². The molecular formula is C13H16ClNO2S. The van der Waals surface area contributed by atoms with E-state index in [-0.39, 0.29) is 6.04 Å². The molecule has 0 aliphatic rings. The lowest BCUT2D eigenvalue weighted by atomic mass is 10.1. The first-order valence-corrected chi connectivity index (χ1v) is 7.03. The molecular weight excluding hydrogens is 270 g/mol. The molecule has 0 bridgehead atoms. The quantitative estimate of drug-likeness (QED) is 0.852. The maximum absolute atomic E-state index is 9.93. The Morgan fingerprint density at radius 3 is 2.89 bits per heavy atom. The summed E-state index contributed by atoms with van der Waals surface area (Å²) in [6.45, 7) is 2.81. The predicted octanol–water partition coefficient (Wildman–Crippen LogP) is 3.60. The molecule has 2 rings (SSSR count). The lowest BCUT2D eigenvalue weighted by molar-refractivity contribution is 0.128. The summed E-state index contributed by atoms with van der Waals surface area (Å²) in [5.41, 5.74) is 0. The van der Waals surface area contributed by atoms with Crippen LogP contribution in [-0.4, -0.2) is 11.1 Å². The van der Waals surface area contributed by atoms with E-state index in [9.17, 15) is 5.11 Å². The van der Waals surface area contributed by atoms with Gasteiger partial charge < -0.3 is 14.8 Å². The monoisotopic (exact) mass is 285 g/mol. The minimum atomic E-state index is -0.561. The van der Waals surface area contributed by atoms with Gasteiger partial charge in [-0.1, -0.05) is 11.6 Å². The molecule has 2 aromatic rings. The number of aliphatic hydroxyl groups is 1. The highest BCUT2D eigenvalue weighted by Gasteiger charge is 2.14. The van der Waals surface area contributed by atoms with Crippen LogP contribution in [0.3, 0.4) is 0 Å². The highest BCUT2D eigenvalue weighted by Crippen LogP contribution is 2.22. The number of hydrogen-bond acceptors (Lipinski definition) is 4. The summed E-state index contributed by atoms with van der Waals surface area (Å²) in [6, 6.07) is 7.67. The average molecular weight is 286 g/mol. The lowest BCUT2D eigenvalue weighted by Gasteiger charge is -2.16. The molecule has 5 heteroatoms. The summed E-state index contributed by atoms with van der Waals surface area (Å²) in [7, 11) is 0. The van der Waals surface area contributed by atoms with Crippen LogP contribution in [0.4, 0.5) is 0 Å². The molecule has 0 spiro atoms. The van der Waals surface area contributed by atoms with Gasteiger partial charge in [-0.15, -0.1) is 11.3 Å². The third-order valence-electron chi connectivity index (χ3n) is 2.70. The van der Waals surface area contributed by atoms with Crippen molar-refractivity contribution in [3.63, 3.8) is 0 Å². The first-order chi connectivity index (χ1) is 8.65. The molecule has 0 amide bonds. The van der Waals surface area contributed by atoms with Gasteiger partial charge in [0.15, 0.2) is 0 Å². The van der Waals surface area contributed by atoms with Gasteiger partial charge >= 0.3 is 0 Å². The van der Waals surface area contributed by atoms with Crippen molar-refractivity contribution in [3.05, 3.63) is 45.5 Å². The largest absolute Gasteiger partial charge is 0.467 e. The maximum Gasteiger partial charge on any atom is 0.132 e. The highest BCUT2D eigenvalue weighted by atomic mass is 35.5. The first-order valence-electron chi connectivity index (χ1n) is 5.84. The summed E-state index contributed by atoms with van der Waals surface area (Å²) in [5, 5.41) is 13.3. The molecule has 3 nitrogen and oxygen atoms in total. The van der Waals surface area contributed by atoms with Gasteiger partial charge in [0.2, 0.25) is 0 Å². The van der Waals surface area contributed by atoms with Crippen LogP contribution in [0.15, 0.2) is 34.9 Å². The van der Waals surface area contributed by atoms with Crippen LogP contribution in [0.5, 0.6) is 0 Å². The van der Waals surface area contributed by atoms with E-state index in [2.05, 4.69) is 5.32 Å². The molecule has 0 radical (unpaired) electrons. The molecule has 18 heavy (non-hydrogen) atoms. The predicted molar refractivity (Wildman–Crippen MR) is 73.9 cm³/mol. The number of nitrogens with one attached hydrogen (secondary N) is 1. The van der Waals surface area contributed by atoms with E-state index in [0.717, 1.165) is 10.9 Å². The molecule has 0 fully saturated rings. The second-order valence-corrected chi connectivity index (χ2v) is 6.05. The Hall–Kier alpha value is -0.810. The number of hydrogen-bond donors (Lipinski definition) is 2. The van der Waals surface area contributed by atoms with Gasteiger partial charge in [0.25, 0.3) is 0 Å². The van der Waals surface area contributed by atoms with Crippen LogP contribution in [0.1, 0.15) is 30.1 Å². The lowest BCUT2D eigenvalue weighted by Crippen LogP contribution is -2.27. The van der Waals surface area contributed by atoms with Gasteiger partial charge in [0.05, 0.1) is 10.6 Å². The van der Waals surface area contributed by atoms with E-state index in [1.807, 2.05) is 19.1 Å². The standard InChI is InChI=1S/C13H16ClNO2S/c1-9(7-11(16)12-3-2-6-17-12)15-8-10-4-5-13(14)18-10/h2-6,9,11,15-16H,7-8H2,1H3. The van der Waals surface area contributed by atoms with Crippen molar-refractivity contribution in [3.8, 4) is 0 Å². The minimum Gasteiger partial charge on any atom is -0.467 e. The summed E-state index contributed by atoms with van der Waals surface area (Å²) in [4.78, 5) is 1.19. The fraction of sp³-hybridized carbons (Fsp3) is 0.385. The zero-order valence-corrected chi connectivity index (χ0v) is 11.7. The Kier molecular flexibility index (Phi) is 4.83. The maximum atomic E-state index is 9.93. The second-order valence-electron chi connectivity index (χ2n) is 4.25. The third kappa shape index (κ3) is 3.85. The highest BCUT2D eigenvalue weighted by molar-refractivity contribution is 7.16. The average Bonchev–Trinajstić information content (AvgIpc) is 2.97. The Bertz CT molecular complexity index is 469. The number of furan rings is 1. The Morgan fingerprint density at radius 1 is 1.44 bits per heavy atom. The van der Waals surface area contributed by atoms with Gasteiger partial charge in [-0.2, -0.15) is 0 Å². The fourth-order valence-corrected chi connectivity index (χ4v) is 2.78. The zero-order valence-electron chi connectivity index (χ0n) is 10.1. The molecule has 0 aliphatic heterocycles. The van der Waals surface area contributed by atoms with Crippen LogP contribution in [-0.2, 0) is 6.54 Å². The van der Waals surface area contributed by atoms with E-state index >= 15 is 0 Å². The van der Waals surface area contributed by atoms with E-state index in [1.165, 1.54) is 4.88 Å². The molecule has 0 aromatic carbocycles. The van der Waals surface area contributed by atoms with Crippen LogP contribution in [0, 0.1) is 0 Å². The van der Waals surface area contributed by atoms with E-state index in [4.69, 9.17) is 16.0 Å². The molecule has 0 saturated heterocycles. The second kappa shape index (κ2) is 6.38. The van der Waals surface area contributed by atoms with Crippen molar-refractivity contribution in [2.75, 3.05) is 0 Å². The molecule has 2 heterocycles. The van der Waals surface area contributed by atoms with Crippen molar-refractivity contribution in [2.24, 2.45) is 0 Å². The normalized spacial score (nSPS) is 14.6. The van der Waals surface area contributed by atoms with Crippen LogP contribution >= 0.6 is 22.9 Å². The Labute approximate surface area is 115 Å². The molecule has 98 valence electrons. The molecule has 2 N–H and O–H groups in total. The van der Waals surface area contributed by atoms with Crippen LogP contribution < -0.4 is 5.32 Å². The summed E-state index contributed by atoms with van der Waals surface area (Å²) in [5.74, 6) is 0.614. The van der Waals surface area contributed by atoms with Gasteiger partial charge in [-0.25, -0.2) is 0 Å². The van der Waals surface area contributed by atoms with Crippen molar-refractivity contribution in [1.29, 1.82) is 0 Å². The molecule has 2 unspecified atom stereocenters. The van der Waals surface area contributed by atoms with Crippen molar-refractivity contribution in [2.45, 2.75) is 32.0 Å². The minimum absolute atomic E-state index is 0.200. The van der Waals surface area contributed by atoms with E-state index in [0.29, 0.717) is 12.2 Å². The van der Waals surface area contributed by atoms with Crippen LogP contribution in [0.25, 0.3) is 0 Å². The number of aliphatic hydroxyl groups excluding tert-OH is 1. The molecule has 0 aliphatic carbocycles. The summed E-state index contributed by atoms with van der Waals surface area (Å²) in [6.07, 6.45) is 1.63. The topological polar surface area (TPSA) is 45.4 Å². The first kappa shape index (κ1) is 13.6. The molecule has 0 saturated carbocycles. The summed E-state index contributed by atoms with van der Waals surface area (Å²) >= 11 is 7.43. The van der Waals surface area contributed by atoms with E-state index < -0.39 is 6.10 Å². The van der Waals surface area contributed by atoms with Gasteiger partial charge in [0, 0.05) is 17.5 Å². The van der Waals surface area contributed by atoms with Crippen molar-refractivity contribution >= 4 is 22.9 Å². The molecule has 2 atom stereocenters. The van der Waals surface area contributed by atoms with E-state index in [1.54, 1.807) is 29.7 Å². The van der Waals surface area contributed by atoms with Gasteiger partial charge in [0.1, 0.15) is 11.9 Å². The smallest absolute Gasteiger partial charge is 0.132 e. The zero-order chi connectivity index (χ0) is 13.0. The third-order valence-corrected chi connectivity index (χ3v) is 3.93. The van der Waals surface area contributed by atoms with Crippen molar-refractivity contribution in [1.82, 2.24) is 5.32 Å². The molecule has 2 aromatic heterocycles. The number of thiophene rings is 1. The Balaban J connectivity index is 1.76. The number of rotatable bonds is 6. The van der Waals surface area contributed by atoms with Crippen molar-refractivity contribution < 1.29 is 9.52 Å². The van der Waals surface area contributed by atoms with Gasteiger partial charge in [-0.3, -0.25) is 0 Å². The SMILES string of the molecule is CC(CC(O)c1ccco1)NCc1ccc(Cl)s1. The van der Waals surface area contributed by atoms with Crippen LogP contribution in [0.2, 0.25) is 4.34 Å². The Morgan fingerprint density at radius 2 is 2.28 bits per heavy atom.